The third-order valence-corrected chi connectivity index (χ3v) is 5.55. The molecule has 1 aromatic rings. The second-order valence-corrected chi connectivity index (χ2v) is 8.96. The summed E-state index contributed by atoms with van der Waals surface area (Å²) in [4.78, 5) is 38.5. The summed E-state index contributed by atoms with van der Waals surface area (Å²) in [6.45, 7) is 7.84. The lowest BCUT2D eigenvalue weighted by atomic mass is 9.62. The zero-order chi connectivity index (χ0) is 20.9. The van der Waals surface area contributed by atoms with E-state index in [0.717, 1.165) is 5.69 Å². The highest BCUT2D eigenvalue weighted by molar-refractivity contribution is 5.89. The molecule has 0 N–H and O–H groups in total. The molecule has 0 unspecified atom stereocenters. The summed E-state index contributed by atoms with van der Waals surface area (Å²) < 4.78 is 17.9. The fourth-order valence-corrected chi connectivity index (χ4v) is 4.18. The highest BCUT2D eigenvalue weighted by Gasteiger charge is 2.72. The van der Waals surface area contributed by atoms with Crippen LogP contribution in [0.1, 0.15) is 39.3 Å². The van der Waals surface area contributed by atoms with Gasteiger partial charge in [-0.25, -0.2) is 9.59 Å². The maximum atomic E-state index is 12.7. The van der Waals surface area contributed by atoms with E-state index in [-0.39, 0.29) is 11.0 Å². The first kappa shape index (κ1) is 20.2. The van der Waals surface area contributed by atoms with E-state index < -0.39 is 23.2 Å². The summed E-state index contributed by atoms with van der Waals surface area (Å²) in [6.07, 6.45) is 0.382. The maximum Gasteiger partial charge on any atom is 0.411 e. The molecule has 3 heterocycles. The van der Waals surface area contributed by atoms with Crippen molar-refractivity contribution >= 4 is 12.1 Å². The molecular weight excluding hydrogens is 364 g/mol. The lowest BCUT2D eigenvalue weighted by Crippen LogP contribution is -2.58. The normalized spacial score (nSPS) is 25.9. The van der Waals surface area contributed by atoms with Crippen LogP contribution in [0.15, 0.2) is 16.9 Å². The number of aromatic nitrogens is 1. The minimum Gasteiger partial charge on any atom is -0.493 e. The molecule has 4 rings (SSSR count). The first-order valence-electron chi connectivity index (χ1n) is 9.31. The summed E-state index contributed by atoms with van der Waals surface area (Å²) in [6, 6.07) is 3.24. The fourth-order valence-electron chi connectivity index (χ4n) is 4.18. The smallest absolute Gasteiger partial charge is 0.411 e. The van der Waals surface area contributed by atoms with E-state index in [1.807, 2.05) is 6.92 Å². The molecule has 2 bridgehead atoms. The number of nitrogens with zero attached hydrogens (tertiary/aromatic N) is 2. The van der Waals surface area contributed by atoms with Gasteiger partial charge in [0.05, 0.1) is 13.7 Å². The number of ether oxygens (including phenoxy) is 3. The van der Waals surface area contributed by atoms with Crippen LogP contribution in [-0.4, -0.2) is 52.9 Å². The van der Waals surface area contributed by atoms with Crippen molar-refractivity contribution in [1.29, 1.82) is 0 Å². The Morgan fingerprint density at radius 2 is 1.86 bits per heavy atom. The summed E-state index contributed by atoms with van der Waals surface area (Å²) in [5.41, 5.74) is -1.37. The van der Waals surface area contributed by atoms with Crippen LogP contribution in [0, 0.1) is 12.3 Å². The van der Waals surface area contributed by atoms with Crippen molar-refractivity contribution in [3.63, 3.8) is 0 Å². The Kier molecular flexibility index (Phi) is 4.72. The van der Waals surface area contributed by atoms with Crippen molar-refractivity contribution in [2.24, 2.45) is 12.5 Å². The molecule has 0 spiro atoms. The van der Waals surface area contributed by atoms with Crippen molar-refractivity contribution in [1.82, 2.24) is 9.47 Å². The van der Waals surface area contributed by atoms with E-state index in [1.165, 1.54) is 22.6 Å². The number of rotatable bonds is 4. The molecule has 2 saturated heterocycles. The lowest BCUT2D eigenvalue weighted by Gasteiger charge is -2.44. The van der Waals surface area contributed by atoms with Gasteiger partial charge in [0.15, 0.2) is 0 Å². The van der Waals surface area contributed by atoms with Crippen LogP contribution in [0.25, 0.3) is 0 Å². The number of hydrogen-bond acceptors (Lipinski definition) is 6. The van der Waals surface area contributed by atoms with E-state index in [0.29, 0.717) is 31.7 Å². The van der Waals surface area contributed by atoms with E-state index in [2.05, 4.69) is 0 Å². The zero-order valence-corrected chi connectivity index (χ0v) is 17.3. The van der Waals surface area contributed by atoms with Crippen LogP contribution < -0.4 is 10.3 Å². The van der Waals surface area contributed by atoms with Crippen LogP contribution >= 0.6 is 0 Å². The van der Waals surface area contributed by atoms with Gasteiger partial charge < -0.3 is 18.8 Å². The Labute approximate surface area is 164 Å². The molecule has 1 saturated carbocycles. The molecule has 8 heteroatoms. The summed E-state index contributed by atoms with van der Waals surface area (Å²) in [7, 11) is 3.02. The maximum absolute atomic E-state index is 12.7. The monoisotopic (exact) mass is 392 g/mol. The van der Waals surface area contributed by atoms with Crippen molar-refractivity contribution < 1.29 is 23.8 Å². The van der Waals surface area contributed by atoms with E-state index in [1.54, 1.807) is 33.9 Å². The molecule has 154 valence electrons. The second kappa shape index (κ2) is 6.53. The van der Waals surface area contributed by atoms with Gasteiger partial charge >= 0.3 is 12.1 Å². The van der Waals surface area contributed by atoms with Gasteiger partial charge in [0, 0.05) is 30.8 Å². The molecule has 1 amide bonds. The van der Waals surface area contributed by atoms with Crippen LogP contribution in [0.5, 0.6) is 5.75 Å². The molecule has 1 aromatic heterocycles. The van der Waals surface area contributed by atoms with E-state index >= 15 is 0 Å². The number of pyridine rings is 1. The largest absolute Gasteiger partial charge is 0.493 e. The third-order valence-electron chi connectivity index (χ3n) is 5.55. The number of hydrogen-bond donors (Lipinski definition) is 0. The Bertz CT molecular complexity index is 860. The van der Waals surface area contributed by atoms with Gasteiger partial charge in [-0.3, -0.25) is 9.69 Å². The number of methoxy groups -OCH3 is 1. The summed E-state index contributed by atoms with van der Waals surface area (Å²) in [5, 5.41) is 0. The number of carbonyl (C=O) groups excluding carboxylic acids is 2. The standard InChI is InChI=1S/C20H28N2O6/c1-13-7-14(8-15(23)21(13)5)27-12-19-9-20(10-19,16(24)26-6)22(11-19)17(25)28-18(2,3)4/h7-8H,9-12H2,1-6H3. The van der Waals surface area contributed by atoms with Crippen molar-refractivity contribution in [2.75, 3.05) is 20.3 Å². The van der Waals surface area contributed by atoms with Gasteiger partial charge in [0.2, 0.25) is 0 Å². The number of carbonyl (C=O) groups is 2. The summed E-state index contributed by atoms with van der Waals surface area (Å²) in [5.74, 6) is 0.0529. The Hall–Kier alpha value is -2.51. The van der Waals surface area contributed by atoms with Gasteiger partial charge in [-0.1, -0.05) is 0 Å². The minimum absolute atomic E-state index is 0.146. The average molecular weight is 392 g/mol. The first-order valence-corrected chi connectivity index (χ1v) is 9.31. The van der Waals surface area contributed by atoms with Gasteiger partial charge in [-0.15, -0.1) is 0 Å². The van der Waals surface area contributed by atoms with E-state index in [4.69, 9.17) is 14.2 Å². The Morgan fingerprint density at radius 3 is 2.39 bits per heavy atom. The topological polar surface area (TPSA) is 87.1 Å². The molecule has 0 aromatic carbocycles. The van der Waals surface area contributed by atoms with Crippen molar-refractivity contribution in [3.8, 4) is 5.75 Å². The van der Waals surface area contributed by atoms with Crippen molar-refractivity contribution in [2.45, 2.75) is 51.7 Å². The molecule has 1 aliphatic carbocycles. The van der Waals surface area contributed by atoms with Crippen LogP contribution in [0.4, 0.5) is 4.79 Å². The highest BCUT2D eigenvalue weighted by Crippen LogP contribution is 2.60. The fraction of sp³-hybridized carbons (Fsp3) is 0.650. The number of aryl methyl sites for hydroxylation is 1. The first-order chi connectivity index (χ1) is 12.9. The van der Waals surface area contributed by atoms with Crippen LogP contribution in [0.3, 0.4) is 0 Å². The average Bonchev–Trinajstić information content (AvgIpc) is 3.07. The SMILES string of the molecule is COC(=O)C12CC(COc3cc(C)n(C)c(=O)c3)(CN1C(=O)OC(C)(C)C)C2. The summed E-state index contributed by atoms with van der Waals surface area (Å²) >= 11 is 0. The quantitative estimate of drug-likeness (QED) is 0.729. The molecule has 8 nitrogen and oxygen atoms in total. The molecule has 3 aliphatic rings. The molecule has 28 heavy (non-hydrogen) atoms. The molecule has 0 radical (unpaired) electrons. The number of esters is 1. The highest BCUT2D eigenvalue weighted by atomic mass is 16.6. The predicted octanol–water partition coefficient (Wildman–Crippen LogP) is 2.02. The Morgan fingerprint density at radius 1 is 1.21 bits per heavy atom. The minimum atomic E-state index is -0.997. The zero-order valence-electron chi connectivity index (χ0n) is 17.3. The number of fused-ring (bicyclic) bond motifs is 1. The molecule has 0 atom stereocenters. The van der Waals surface area contributed by atoms with Gasteiger partial charge in [-0.2, -0.15) is 0 Å². The van der Waals surface area contributed by atoms with E-state index in [9.17, 15) is 14.4 Å². The van der Waals surface area contributed by atoms with Gasteiger partial charge in [-0.05, 0) is 46.6 Å². The predicted molar refractivity (Wildman–Crippen MR) is 101 cm³/mol. The van der Waals surface area contributed by atoms with Crippen LogP contribution in [-0.2, 0) is 21.3 Å². The molecular formula is C20H28N2O6. The molecule has 3 fully saturated rings. The van der Waals surface area contributed by atoms with Crippen molar-refractivity contribution in [3.05, 3.63) is 28.2 Å². The second-order valence-electron chi connectivity index (χ2n) is 8.96. The van der Waals surface area contributed by atoms with Gasteiger partial charge in [0.1, 0.15) is 16.9 Å². The van der Waals surface area contributed by atoms with Crippen LogP contribution in [0.2, 0.25) is 0 Å². The van der Waals surface area contributed by atoms with Gasteiger partial charge in [0.25, 0.3) is 5.56 Å². The number of amides is 1. The lowest BCUT2D eigenvalue weighted by molar-refractivity contribution is -0.159. The third kappa shape index (κ3) is 3.36. The molecule has 2 aliphatic heterocycles. The Balaban J connectivity index is 1.77.